The van der Waals surface area contributed by atoms with Crippen LogP contribution in [-0.2, 0) is 20.0 Å². The third-order valence-electron chi connectivity index (χ3n) is 0.508. The molecule has 0 aliphatic carbocycles. The number of hydrogen-bond donors (Lipinski definition) is 1. The van der Waals surface area contributed by atoms with Crippen molar-refractivity contribution >= 4 is 0 Å². The Hall–Kier alpha value is -0.200. The average Bonchev–Trinajstić information content (AvgIpc) is 1.80. The molecule has 0 aromatic heterocycles. The maximum Gasteiger partial charge on any atom is 0.0877 e. The summed E-state index contributed by atoms with van der Waals surface area (Å²) in [7, 11) is 0. The highest BCUT2D eigenvalue weighted by Crippen LogP contribution is 1.92. The van der Waals surface area contributed by atoms with Gasteiger partial charge in [-0.15, -0.1) is 0 Å². The van der Waals surface area contributed by atoms with Crippen LogP contribution < -0.4 is 0 Å². The molecule has 0 aliphatic heterocycles. The molecule has 0 spiro atoms. The van der Waals surface area contributed by atoms with Crippen LogP contribution in [0.3, 0.4) is 0 Å². The fraction of sp³-hybridized carbons (Fsp3) is 1.00. The molecule has 0 rings (SSSR count). The topological polar surface area (TPSA) is 57.2 Å². The van der Waals surface area contributed by atoms with Crippen LogP contribution in [0.25, 0.3) is 0 Å². The Kier molecular flexibility index (Phi) is 5.80. The highest BCUT2D eigenvalue weighted by atomic mass is 17.8. The fourth-order valence-electron chi connectivity index (χ4n) is 0.196. The first-order chi connectivity index (χ1) is 4.27. The normalized spacial score (nSPS) is 10.7. The van der Waals surface area contributed by atoms with Gasteiger partial charge in [0.05, 0.1) is 6.61 Å². The minimum Gasteiger partial charge on any atom is -0.219 e. The van der Waals surface area contributed by atoms with Crippen molar-refractivity contribution in [1.29, 1.82) is 0 Å². The molecule has 0 atom stereocenters. The Balaban J connectivity index is 2.75. The monoisotopic (exact) mass is 138 g/mol. The van der Waals surface area contributed by atoms with E-state index in [9.17, 15) is 0 Å². The summed E-state index contributed by atoms with van der Waals surface area (Å²) < 4.78 is 0. The van der Waals surface area contributed by atoms with Gasteiger partial charge in [0.1, 0.15) is 0 Å². The largest absolute Gasteiger partial charge is 0.219 e. The lowest BCUT2D eigenvalue weighted by Crippen LogP contribution is -2.03. The maximum atomic E-state index is 7.50. The zero-order valence-corrected chi connectivity index (χ0v) is 5.36. The molecule has 56 valence electrons. The molecule has 9 heavy (non-hydrogen) atoms. The molecule has 0 fully saturated rings. The van der Waals surface area contributed by atoms with Crippen LogP contribution in [0.15, 0.2) is 0 Å². The molecule has 0 aromatic rings. The van der Waals surface area contributed by atoms with Gasteiger partial charge in [-0.2, -0.15) is 0 Å². The SMILES string of the molecule is CC(C)COOOOO. The molecule has 0 unspecified atom stereocenters. The Morgan fingerprint density at radius 3 is 2.44 bits per heavy atom. The van der Waals surface area contributed by atoms with Crippen molar-refractivity contribution in [3.05, 3.63) is 0 Å². The van der Waals surface area contributed by atoms with E-state index in [2.05, 4.69) is 20.0 Å². The number of hydrogen-bond acceptors (Lipinski definition) is 5. The van der Waals surface area contributed by atoms with E-state index in [1.165, 1.54) is 0 Å². The summed E-state index contributed by atoms with van der Waals surface area (Å²) in [6.45, 7) is 4.25. The van der Waals surface area contributed by atoms with E-state index in [1.807, 2.05) is 13.8 Å². The molecular weight excluding hydrogens is 128 g/mol. The second-order valence-corrected chi connectivity index (χ2v) is 1.89. The van der Waals surface area contributed by atoms with E-state index in [1.54, 1.807) is 0 Å². The lowest BCUT2D eigenvalue weighted by molar-refractivity contribution is -0.702. The van der Waals surface area contributed by atoms with Crippen molar-refractivity contribution in [1.82, 2.24) is 0 Å². The van der Waals surface area contributed by atoms with Gasteiger partial charge in [0.15, 0.2) is 0 Å². The van der Waals surface area contributed by atoms with Gasteiger partial charge in [0.25, 0.3) is 0 Å². The van der Waals surface area contributed by atoms with Crippen LogP contribution in [0.2, 0.25) is 0 Å². The highest BCUT2D eigenvalue weighted by molar-refractivity contribution is 4.34. The second-order valence-electron chi connectivity index (χ2n) is 1.89. The molecule has 0 saturated carbocycles. The van der Waals surface area contributed by atoms with Gasteiger partial charge in [-0.05, 0) is 21.0 Å². The third kappa shape index (κ3) is 7.80. The van der Waals surface area contributed by atoms with E-state index in [4.69, 9.17) is 5.26 Å². The van der Waals surface area contributed by atoms with Crippen LogP contribution in [-0.4, -0.2) is 11.9 Å². The molecule has 0 saturated heterocycles. The third-order valence-corrected chi connectivity index (χ3v) is 0.508. The molecule has 0 radical (unpaired) electrons. The number of rotatable bonds is 5. The predicted molar refractivity (Wildman–Crippen MR) is 26.7 cm³/mol. The van der Waals surface area contributed by atoms with E-state index in [0.717, 1.165) is 0 Å². The summed E-state index contributed by atoms with van der Waals surface area (Å²) in [5.74, 6) is 0.340. The molecular formula is C4H10O5. The summed E-state index contributed by atoms with van der Waals surface area (Å²) in [6.07, 6.45) is 0. The summed E-state index contributed by atoms with van der Waals surface area (Å²) in [4.78, 5) is 4.33. The standard InChI is InChI=1S/C4H10O5/c1-4(2)3-6-8-9-7-5/h4-5H,3H2,1-2H3. The predicted octanol–water partition coefficient (Wildman–Crippen LogP) is 0.927. The quantitative estimate of drug-likeness (QED) is 0.348. The van der Waals surface area contributed by atoms with Crippen molar-refractivity contribution in [2.24, 2.45) is 5.92 Å². The van der Waals surface area contributed by atoms with Gasteiger partial charge in [0, 0.05) is 0 Å². The summed E-state index contributed by atoms with van der Waals surface area (Å²) in [6, 6.07) is 0. The van der Waals surface area contributed by atoms with Crippen molar-refractivity contribution in [3.8, 4) is 0 Å². The summed E-state index contributed by atoms with van der Waals surface area (Å²) in [5.41, 5.74) is 0. The van der Waals surface area contributed by atoms with E-state index >= 15 is 0 Å². The molecule has 0 bridgehead atoms. The van der Waals surface area contributed by atoms with E-state index in [0.29, 0.717) is 12.5 Å². The maximum absolute atomic E-state index is 7.50. The molecule has 5 nitrogen and oxygen atoms in total. The summed E-state index contributed by atoms with van der Waals surface area (Å²) in [5, 5.41) is 17.9. The smallest absolute Gasteiger partial charge is 0.0877 e. The zero-order valence-electron chi connectivity index (χ0n) is 5.36. The lowest BCUT2D eigenvalue weighted by Gasteiger charge is -2.00. The van der Waals surface area contributed by atoms with Crippen LogP contribution >= 0.6 is 0 Å². The van der Waals surface area contributed by atoms with Crippen LogP contribution in [0.4, 0.5) is 0 Å². The second kappa shape index (κ2) is 5.93. The zero-order chi connectivity index (χ0) is 7.11. The first-order valence-electron chi connectivity index (χ1n) is 2.53. The van der Waals surface area contributed by atoms with E-state index in [-0.39, 0.29) is 0 Å². The molecule has 0 aromatic carbocycles. The Labute approximate surface area is 52.8 Å². The van der Waals surface area contributed by atoms with Gasteiger partial charge in [0.2, 0.25) is 0 Å². The van der Waals surface area contributed by atoms with E-state index < -0.39 is 0 Å². The van der Waals surface area contributed by atoms with Crippen LogP contribution in [0.5, 0.6) is 0 Å². The molecule has 5 heteroatoms. The van der Waals surface area contributed by atoms with Crippen LogP contribution in [0, 0.1) is 5.92 Å². The van der Waals surface area contributed by atoms with Gasteiger partial charge >= 0.3 is 0 Å². The van der Waals surface area contributed by atoms with Crippen molar-refractivity contribution in [2.75, 3.05) is 6.61 Å². The first kappa shape index (κ1) is 8.80. The Bertz CT molecular complexity index is 54.9. The molecule has 0 aliphatic rings. The average molecular weight is 138 g/mol. The highest BCUT2D eigenvalue weighted by Gasteiger charge is 1.93. The van der Waals surface area contributed by atoms with Crippen molar-refractivity contribution in [2.45, 2.75) is 13.8 Å². The van der Waals surface area contributed by atoms with Crippen LogP contribution in [0.1, 0.15) is 13.8 Å². The summed E-state index contributed by atoms with van der Waals surface area (Å²) >= 11 is 0. The fourth-order valence-corrected chi connectivity index (χ4v) is 0.196. The van der Waals surface area contributed by atoms with Gasteiger partial charge in [-0.3, -0.25) is 0 Å². The van der Waals surface area contributed by atoms with Gasteiger partial charge in [-0.1, -0.05) is 13.8 Å². The van der Waals surface area contributed by atoms with Crippen molar-refractivity contribution < 1.29 is 25.3 Å². The van der Waals surface area contributed by atoms with Crippen molar-refractivity contribution in [3.63, 3.8) is 0 Å². The Morgan fingerprint density at radius 2 is 2.00 bits per heavy atom. The minimum atomic E-state index is 0.340. The first-order valence-corrected chi connectivity index (χ1v) is 2.53. The molecule has 1 N–H and O–H groups in total. The Morgan fingerprint density at radius 1 is 1.33 bits per heavy atom. The minimum absolute atomic E-state index is 0.340. The molecule has 0 heterocycles. The van der Waals surface area contributed by atoms with Gasteiger partial charge in [-0.25, -0.2) is 10.1 Å². The van der Waals surface area contributed by atoms with Gasteiger partial charge < -0.3 is 0 Å². The molecule has 0 amide bonds. The lowest BCUT2D eigenvalue weighted by atomic mass is 10.2.